The zero-order valence-electron chi connectivity index (χ0n) is 22.2. The van der Waals surface area contributed by atoms with Crippen molar-refractivity contribution in [2.75, 3.05) is 39.2 Å². The first-order valence-corrected chi connectivity index (χ1v) is 12.3. The number of nitriles is 1. The Balaban J connectivity index is 1.83. The predicted octanol–water partition coefficient (Wildman–Crippen LogP) is 4.62. The Morgan fingerprint density at radius 2 is 1.77 bits per heavy atom. The molecule has 1 aromatic heterocycles. The van der Waals surface area contributed by atoms with Crippen LogP contribution in [0.4, 0.5) is 11.4 Å². The molecule has 0 saturated heterocycles. The van der Waals surface area contributed by atoms with Crippen molar-refractivity contribution in [1.29, 1.82) is 5.26 Å². The lowest BCUT2D eigenvalue weighted by Crippen LogP contribution is -2.35. The number of fused-ring (bicyclic) bond motifs is 1. The van der Waals surface area contributed by atoms with Crippen LogP contribution < -0.4 is 4.90 Å². The van der Waals surface area contributed by atoms with Crippen molar-refractivity contribution in [2.45, 2.75) is 6.92 Å². The van der Waals surface area contributed by atoms with Crippen LogP contribution in [0.25, 0.3) is 10.9 Å². The summed E-state index contributed by atoms with van der Waals surface area (Å²) in [6, 6.07) is 21.6. The normalized spacial score (nSPS) is 11.4. The Kier molecular flexibility index (Phi) is 8.08. The van der Waals surface area contributed by atoms with Crippen molar-refractivity contribution in [3.63, 3.8) is 0 Å². The predicted molar refractivity (Wildman–Crippen MR) is 151 cm³/mol. The Labute approximate surface area is 226 Å². The second-order valence-corrected chi connectivity index (χ2v) is 9.16. The van der Waals surface area contributed by atoms with Gasteiger partial charge < -0.3 is 24.6 Å². The molecular weight excluding hydrogens is 494 g/mol. The van der Waals surface area contributed by atoms with Crippen LogP contribution >= 0.6 is 0 Å². The molecule has 4 rings (SSSR count). The van der Waals surface area contributed by atoms with E-state index in [9.17, 15) is 20.0 Å². The van der Waals surface area contributed by atoms with Crippen molar-refractivity contribution < 1.29 is 19.4 Å². The highest BCUT2D eigenvalue weighted by molar-refractivity contribution is 6.22. The van der Waals surface area contributed by atoms with Crippen LogP contribution in [0.2, 0.25) is 0 Å². The van der Waals surface area contributed by atoms with E-state index >= 15 is 0 Å². The Hall–Kier alpha value is -4.94. The summed E-state index contributed by atoms with van der Waals surface area (Å²) in [5.41, 5.74) is 3.81. The van der Waals surface area contributed by atoms with Gasteiger partial charge >= 0.3 is 5.97 Å². The van der Waals surface area contributed by atoms with Crippen molar-refractivity contribution in [2.24, 2.45) is 4.99 Å². The quantitative estimate of drug-likeness (QED) is 0.257. The van der Waals surface area contributed by atoms with Gasteiger partial charge in [0.25, 0.3) is 0 Å². The maximum atomic E-state index is 12.6. The molecule has 0 fully saturated rings. The van der Waals surface area contributed by atoms with Crippen molar-refractivity contribution in [3.8, 4) is 11.9 Å². The van der Waals surface area contributed by atoms with Gasteiger partial charge in [-0.2, -0.15) is 5.26 Å². The van der Waals surface area contributed by atoms with Crippen LogP contribution in [-0.2, 0) is 9.53 Å². The molecule has 4 aromatic rings. The molecule has 0 saturated carbocycles. The standard InChI is InChI=1S/C30H29N5O4/c1-5-39-30(38)20-11-13-23-24(16-20)33-29(37)27(23)28(19-9-7-6-8-10-19)32-22-12-14-25(21(15-22)17-31)35(4)26(36)18-34(2)3/h6-16,33,37H,5,18H2,1-4H3. The number of carbonyl (C=O) groups is 2. The van der Waals surface area contributed by atoms with E-state index < -0.39 is 5.97 Å². The van der Waals surface area contributed by atoms with Crippen LogP contribution in [0.3, 0.4) is 0 Å². The number of ether oxygens (including phenoxy) is 1. The number of nitrogens with zero attached hydrogens (tertiary/aromatic N) is 4. The summed E-state index contributed by atoms with van der Waals surface area (Å²) in [5.74, 6) is -0.714. The van der Waals surface area contributed by atoms with Gasteiger partial charge in [-0.3, -0.25) is 4.79 Å². The Morgan fingerprint density at radius 3 is 2.44 bits per heavy atom. The first-order chi connectivity index (χ1) is 18.7. The Bertz CT molecular complexity index is 1600. The molecule has 9 nitrogen and oxygen atoms in total. The summed E-state index contributed by atoms with van der Waals surface area (Å²) >= 11 is 0. The number of rotatable bonds is 8. The number of benzene rings is 3. The van der Waals surface area contributed by atoms with E-state index in [2.05, 4.69) is 11.1 Å². The number of carbonyl (C=O) groups excluding carboxylic acids is 2. The lowest BCUT2D eigenvalue weighted by molar-refractivity contribution is -0.118. The number of aliphatic imine (C=N–C) groups is 1. The van der Waals surface area contributed by atoms with E-state index in [4.69, 9.17) is 9.73 Å². The minimum Gasteiger partial charge on any atom is -0.494 e. The van der Waals surface area contributed by atoms with Gasteiger partial charge in [-0.1, -0.05) is 36.4 Å². The summed E-state index contributed by atoms with van der Waals surface area (Å²) in [6.45, 7) is 2.20. The fourth-order valence-electron chi connectivity index (χ4n) is 4.24. The van der Waals surface area contributed by atoms with E-state index in [-0.39, 0.29) is 24.9 Å². The number of aromatic nitrogens is 1. The number of esters is 1. The number of hydrogen-bond acceptors (Lipinski definition) is 7. The summed E-state index contributed by atoms with van der Waals surface area (Å²) in [4.78, 5) is 35.8. The largest absolute Gasteiger partial charge is 0.494 e. The summed E-state index contributed by atoms with van der Waals surface area (Å²) in [6.07, 6.45) is 0. The van der Waals surface area contributed by atoms with Crippen LogP contribution in [-0.4, -0.2) is 66.9 Å². The molecule has 0 radical (unpaired) electrons. The smallest absolute Gasteiger partial charge is 0.338 e. The van der Waals surface area contributed by atoms with Crippen LogP contribution in [0.5, 0.6) is 5.88 Å². The fraction of sp³-hybridized carbons (Fsp3) is 0.200. The maximum absolute atomic E-state index is 12.6. The van der Waals surface area contributed by atoms with Gasteiger partial charge in [0, 0.05) is 23.5 Å². The molecule has 39 heavy (non-hydrogen) atoms. The molecule has 0 bridgehead atoms. The van der Waals surface area contributed by atoms with Gasteiger partial charge in [0.05, 0.1) is 46.9 Å². The average molecular weight is 524 g/mol. The van der Waals surface area contributed by atoms with Crippen molar-refractivity contribution in [1.82, 2.24) is 9.88 Å². The molecule has 198 valence electrons. The minimum absolute atomic E-state index is 0.111. The lowest BCUT2D eigenvalue weighted by atomic mass is 10.00. The number of nitrogens with one attached hydrogen (secondary N) is 1. The highest BCUT2D eigenvalue weighted by atomic mass is 16.5. The number of anilines is 1. The number of H-pyrrole nitrogens is 1. The topological polar surface area (TPSA) is 122 Å². The van der Waals surface area contributed by atoms with Gasteiger partial charge in [-0.15, -0.1) is 0 Å². The fourth-order valence-corrected chi connectivity index (χ4v) is 4.24. The minimum atomic E-state index is -0.454. The van der Waals surface area contributed by atoms with E-state index in [1.165, 1.54) is 4.90 Å². The third-order valence-corrected chi connectivity index (χ3v) is 6.10. The van der Waals surface area contributed by atoms with Gasteiger partial charge in [-0.25, -0.2) is 9.79 Å². The number of hydrogen-bond donors (Lipinski definition) is 2. The monoisotopic (exact) mass is 523 g/mol. The van der Waals surface area contributed by atoms with Crippen LogP contribution in [0, 0.1) is 11.3 Å². The summed E-state index contributed by atoms with van der Waals surface area (Å²) in [7, 11) is 5.24. The Morgan fingerprint density at radius 1 is 1.03 bits per heavy atom. The van der Waals surface area contributed by atoms with Gasteiger partial charge in [0.1, 0.15) is 6.07 Å². The van der Waals surface area contributed by atoms with Gasteiger partial charge in [0.2, 0.25) is 5.91 Å². The number of aromatic hydroxyl groups is 1. The first kappa shape index (κ1) is 27.1. The molecule has 0 atom stereocenters. The number of aromatic amines is 1. The van der Waals surface area contributed by atoms with Crippen molar-refractivity contribution >= 4 is 39.9 Å². The molecule has 0 aliphatic carbocycles. The lowest BCUT2D eigenvalue weighted by Gasteiger charge is -2.21. The molecular formula is C30H29N5O4. The zero-order valence-corrected chi connectivity index (χ0v) is 22.2. The van der Waals surface area contributed by atoms with Crippen LogP contribution in [0.1, 0.15) is 34.0 Å². The van der Waals surface area contributed by atoms with E-state index in [0.717, 1.165) is 5.56 Å². The molecule has 0 spiro atoms. The van der Waals surface area contributed by atoms with Crippen LogP contribution in [0.15, 0.2) is 71.7 Å². The maximum Gasteiger partial charge on any atom is 0.338 e. The zero-order chi connectivity index (χ0) is 28.1. The molecule has 1 heterocycles. The molecule has 2 N–H and O–H groups in total. The second-order valence-electron chi connectivity index (χ2n) is 9.16. The van der Waals surface area contributed by atoms with Crippen molar-refractivity contribution in [3.05, 3.63) is 89.0 Å². The number of amides is 1. The summed E-state index contributed by atoms with van der Waals surface area (Å²) in [5, 5.41) is 21.5. The average Bonchev–Trinajstić information content (AvgIpc) is 3.26. The second kappa shape index (κ2) is 11.6. The summed E-state index contributed by atoms with van der Waals surface area (Å²) < 4.78 is 5.10. The molecule has 9 heteroatoms. The third kappa shape index (κ3) is 5.81. The number of likely N-dealkylation sites (N-methyl/N-ethyl adjacent to an activating group) is 2. The highest BCUT2D eigenvalue weighted by Gasteiger charge is 2.21. The van der Waals surface area contributed by atoms with E-state index in [1.807, 2.05) is 30.3 Å². The van der Waals surface area contributed by atoms with E-state index in [1.54, 1.807) is 69.4 Å². The SMILES string of the molecule is CCOC(=O)c1ccc2c(C(=Nc3ccc(N(C)C(=O)CN(C)C)c(C#N)c3)c3ccccc3)c(O)[nH]c2c1. The molecule has 0 aliphatic rings. The highest BCUT2D eigenvalue weighted by Crippen LogP contribution is 2.33. The molecule has 0 aliphatic heterocycles. The molecule has 1 amide bonds. The molecule has 3 aromatic carbocycles. The van der Waals surface area contributed by atoms with E-state index in [0.29, 0.717) is 44.7 Å². The molecule has 0 unspecified atom stereocenters. The third-order valence-electron chi connectivity index (χ3n) is 6.10. The van der Waals surface area contributed by atoms with Gasteiger partial charge in [-0.05, 0) is 51.4 Å². The van der Waals surface area contributed by atoms with Gasteiger partial charge in [0.15, 0.2) is 5.88 Å². The first-order valence-electron chi connectivity index (χ1n) is 12.3.